The number of carbonyl (C=O) groups is 1. The summed E-state index contributed by atoms with van der Waals surface area (Å²) < 4.78 is 0. The van der Waals surface area contributed by atoms with Crippen molar-refractivity contribution in [2.75, 3.05) is 25.0 Å². The number of anilines is 1. The maximum Gasteiger partial charge on any atom is 0.287 e. The van der Waals surface area contributed by atoms with E-state index in [1.807, 2.05) is 0 Å². The molecule has 140 valence electrons. The zero-order valence-corrected chi connectivity index (χ0v) is 15.0. The van der Waals surface area contributed by atoms with E-state index in [-0.39, 0.29) is 48.5 Å². The molecule has 2 aliphatic heterocycles. The number of carbonyl (C=O) groups excluding carboxylic acids is 1. The standard InChI is InChI=1S/C14H19N5O4.2ClH/c20-11-5-12(15-7-11)14(21)18-4-3-9(8-18)17-13-2-1-10(6-16-13)19(22)23;;/h1-2,6,9,11-12,15,20H,3-5,7-8H2,(H,16,17);2*1H. The van der Waals surface area contributed by atoms with Gasteiger partial charge in [-0.25, -0.2) is 4.98 Å². The number of pyridine rings is 1. The number of hydrogen-bond donors (Lipinski definition) is 3. The lowest BCUT2D eigenvalue weighted by Gasteiger charge is -2.21. The minimum Gasteiger partial charge on any atom is -0.392 e. The van der Waals surface area contributed by atoms with Crippen molar-refractivity contribution in [1.29, 1.82) is 0 Å². The lowest BCUT2D eigenvalue weighted by atomic mass is 10.2. The maximum absolute atomic E-state index is 12.3. The van der Waals surface area contributed by atoms with Crippen LogP contribution in [0.1, 0.15) is 12.8 Å². The molecule has 11 heteroatoms. The van der Waals surface area contributed by atoms with Crippen LogP contribution in [0.15, 0.2) is 18.3 Å². The van der Waals surface area contributed by atoms with E-state index in [4.69, 9.17) is 0 Å². The van der Waals surface area contributed by atoms with Gasteiger partial charge in [0.2, 0.25) is 5.91 Å². The topological polar surface area (TPSA) is 121 Å². The van der Waals surface area contributed by atoms with Crippen molar-refractivity contribution in [2.45, 2.75) is 31.0 Å². The Balaban J connectivity index is 0.00000156. The zero-order chi connectivity index (χ0) is 16.4. The Morgan fingerprint density at radius 1 is 1.44 bits per heavy atom. The molecule has 3 unspecified atom stereocenters. The third-order valence-electron chi connectivity index (χ3n) is 4.22. The third kappa shape index (κ3) is 5.15. The molecule has 25 heavy (non-hydrogen) atoms. The molecule has 9 nitrogen and oxygen atoms in total. The number of β-amino-alcohol motifs (C(OH)–C–C–N with tert-alkyl or cyclic N) is 1. The van der Waals surface area contributed by atoms with Crippen molar-refractivity contribution in [1.82, 2.24) is 15.2 Å². The molecule has 3 rings (SSSR count). The number of likely N-dealkylation sites (tertiary alicyclic amines) is 1. The molecular formula is C14H21Cl2N5O4. The van der Waals surface area contributed by atoms with Gasteiger partial charge in [-0.1, -0.05) is 0 Å². The van der Waals surface area contributed by atoms with E-state index in [1.165, 1.54) is 12.3 Å². The first-order valence-electron chi connectivity index (χ1n) is 7.60. The molecule has 3 atom stereocenters. The van der Waals surface area contributed by atoms with Crippen LogP contribution in [0.5, 0.6) is 0 Å². The average molecular weight is 394 g/mol. The lowest BCUT2D eigenvalue weighted by molar-refractivity contribution is -0.385. The SMILES string of the molecule is Cl.Cl.O=C(C1CC(O)CN1)N1CCC(Nc2ccc([N+](=O)[O-])cn2)C1. The lowest BCUT2D eigenvalue weighted by Crippen LogP contribution is -2.43. The molecular weight excluding hydrogens is 373 g/mol. The second-order valence-electron chi connectivity index (χ2n) is 5.92. The van der Waals surface area contributed by atoms with Gasteiger partial charge in [0, 0.05) is 31.7 Å². The van der Waals surface area contributed by atoms with Crippen molar-refractivity contribution in [2.24, 2.45) is 0 Å². The summed E-state index contributed by atoms with van der Waals surface area (Å²) >= 11 is 0. The van der Waals surface area contributed by atoms with Gasteiger partial charge in [-0.3, -0.25) is 14.9 Å². The van der Waals surface area contributed by atoms with Crippen LogP contribution in [0.2, 0.25) is 0 Å². The number of aliphatic hydroxyl groups is 1. The van der Waals surface area contributed by atoms with Crippen molar-refractivity contribution in [3.63, 3.8) is 0 Å². The van der Waals surface area contributed by atoms with E-state index in [9.17, 15) is 20.0 Å². The fourth-order valence-corrected chi connectivity index (χ4v) is 2.99. The van der Waals surface area contributed by atoms with Gasteiger partial charge in [-0.05, 0) is 18.9 Å². The average Bonchev–Trinajstić information content (AvgIpc) is 3.16. The van der Waals surface area contributed by atoms with E-state index in [2.05, 4.69) is 15.6 Å². The van der Waals surface area contributed by atoms with Gasteiger partial charge in [0.05, 0.1) is 17.1 Å². The number of aliphatic hydroxyl groups excluding tert-OH is 1. The molecule has 1 aromatic rings. The molecule has 0 radical (unpaired) electrons. The van der Waals surface area contributed by atoms with Gasteiger partial charge in [0.1, 0.15) is 12.0 Å². The van der Waals surface area contributed by atoms with E-state index < -0.39 is 11.0 Å². The van der Waals surface area contributed by atoms with Crippen molar-refractivity contribution < 1.29 is 14.8 Å². The van der Waals surface area contributed by atoms with Gasteiger partial charge in [0.25, 0.3) is 5.69 Å². The Morgan fingerprint density at radius 3 is 2.76 bits per heavy atom. The van der Waals surface area contributed by atoms with Crippen LogP contribution < -0.4 is 10.6 Å². The Hall–Kier alpha value is -1.68. The molecule has 0 aliphatic carbocycles. The summed E-state index contributed by atoms with van der Waals surface area (Å²) in [6, 6.07) is 2.73. The predicted molar refractivity (Wildman–Crippen MR) is 96.4 cm³/mol. The highest BCUT2D eigenvalue weighted by Gasteiger charge is 2.34. The smallest absolute Gasteiger partial charge is 0.287 e. The van der Waals surface area contributed by atoms with Gasteiger partial charge in [0.15, 0.2) is 0 Å². The number of halogens is 2. The van der Waals surface area contributed by atoms with Crippen molar-refractivity contribution >= 4 is 42.2 Å². The summed E-state index contributed by atoms with van der Waals surface area (Å²) in [7, 11) is 0. The second-order valence-corrected chi connectivity index (χ2v) is 5.92. The fraction of sp³-hybridized carbons (Fsp3) is 0.571. The highest BCUT2D eigenvalue weighted by molar-refractivity contribution is 5.85. The van der Waals surface area contributed by atoms with Crippen LogP contribution in [0.25, 0.3) is 0 Å². The number of amides is 1. The summed E-state index contributed by atoms with van der Waals surface area (Å²) in [6.07, 6.45) is 2.01. The van der Waals surface area contributed by atoms with Crippen LogP contribution in [-0.4, -0.2) is 63.6 Å². The second kappa shape index (κ2) is 9.14. The number of nitro groups is 1. The Kier molecular flexibility index (Phi) is 7.81. The minimum absolute atomic E-state index is 0. The molecule has 0 aromatic carbocycles. The van der Waals surface area contributed by atoms with Gasteiger partial charge in [-0.2, -0.15) is 0 Å². The molecule has 2 fully saturated rings. The van der Waals surface area contributed by atoms with Crippen LogP contribution in [0, 0.1) is 10.1 Å². The van der Waals surface area contributed by atoms with Crippen LogP contribution in [0.3, 0.4) is 0 Å². The normalized spacial score (nSPS) is 25.0. The fourth-order valence-electron chi connectivity index (χ4n) is 2.99. The Bertz CT molecular complexity index is 603. The zero-order valence-electron chi connectivity index (χ0n) is 13.3. The van der Waals surface area contributed by atoms with E-state index in [1.54, 1.807) is 11.0 Å². The maximum atomic E-state index is 12.3. The summed E-state index contributed by atoms with van der Waals surface area (Å²) in [5.74, 6) is 0.576. The molecule has 3 heterocycles. The monoisotopic (exact) mass is 393 g/mol. The first-order chi connectivity index (χ1) is 11.0. The van der Waals surface area contributed by atoms with E-state index in [0.29, 0.717) is 31.9 Å². The van der Waals surface area contributed by atoms with Gasteiger partial charge < -0.3 is 20.6 Å². The summed E-state index contributed by atoms with van der Waals surface area (Å²) in [4.78, 5) is 28.3. The largest absolute Gasteiger partial charge is 0.392 e. The molecule has 0 spiro atoms. The van der Waals surface area contributed by atoms with E-state index >= 15 is 0 Å². The van der Waals surface area contributed by atoms with Crippen LogP contribution >= 0.6 is 24.8 Å². The van der Waals surface area contributed by atoms with Crippen molar-refractivity contribution in [3.05, 3.63) is 28.4 Å². The van der Waals surface area contributed by atoms with Crippen molar-refractivity contribution in [3.8, 4) is 0 Å². The molecule has 1 aromatic heterocycles. The Labute approximate surface area is 157 Å². The third-order valence-corrected chi connectivity index (χ3v) is 4.22. The summed E-state index contributed by atoms with van der Waals surface area (Å²) in [5.41, 5.74) is -0.0513. The predicted octanol–water partition coefficient (Wildman–Crippen LogP) is 0.569. The number of nitrogens with one attached hydrogen (secondary N) is 2. The molecule has 2 saturated heterocycles. The van der Waals surface area contributed by atoms with Gasteiger partial charge in [-0.15, -0.1) is 24.8 Å². The summed E-state index contributed by atoms with van der Waals surface area (Å²) in [6.45, 7) is 1.67. The highest BCUT2D eigenvalue weighted by atomic mass is 35.5. The first-order valence-corrected chi connectivity index (χ1v) is 7.60. The first kappa shape index (κ1) is 21.4. The summed E-state index contributed by atoms with van der Waals surface area (Å²) in [5, 5.41) is 26.3. The molecule has 0 bridgehead atoms. The van der Waals surface area contributed by atoms with E-state index in [0.717, 1.165) is 6.42 Å². The number of hydrogen-bond acceptors (Lipinski definition) is 7. The molecule has 1 amide bonds. The van der Waals surface area contributed by atoms with Gasteiger partial charge >= 0.3 is 0 Å². The number of nitrogens with zero attached hydrogens (tertiary/aromatic N) is 3. The minimum atomic E-state index is -0.490. The Morgan fingerprint density at radius 2 is 2.20 bits per heavy atom. The number of rotatable bonds is 4. The number of aromatic nitrogens is 1. The van der Waals surface area contributed by atoms with Crippen LogP contribution in [-0.2, 0) is 4.79 Å². The van der Waals surface area contributed by atoms with Crippen LogP contribution in [0.4, 0.5) is 11.5 Å². The quantitative estimate of drug-likeness (QED) is 0.504. The molecule has 2 aliphatic rings. The molecule has 0 saturated carbocycles. The molecule has 3 N–H and O–H groups in total. The highest BCUT2D eigenvalue weighted by Crippen LogP contribution is 2.19.